The van der Waals surface area contributed by atoms with Gasteiger partial charge in [0.2, 0.25) is 0 Å². The Morgan fingerprint density at radius 2 is 1.06 bits per heavy atom. The Morgan fingerprint density at radius 1 is 0.452 bits per heavy atom. The SMILES string of the molecule is C1=Cc2ccccc2C1.C1=Nc2ccccc2C1.O=C1C=Cc2ccccc2C1.c1ccc2c(c1)CCC2.c1ccc2ccccc2c1.c1ccc2occc2c1.c1ccc2ocnc2c1.c1ccc2sncc2c1.c1ncc2ccsc2n1. The highest BCUT2D eigenvalue weighted by Gasteiger charge is 2.09. The van der Waals surface area contributed by atoms with E-state index in [2.05, 4.69) is 152 Å². The summed E-state index contributed by atoms with van der Waals surface area (Å²) in [7, 11) is 0. The first kappa shape index (κ1) is 57.2. The number of benzene rings is 9. The van der Waals surface area contributed by atoms with Gasteiger partial charge in [-0.1, -0.05) is 206 Å². The summed E-state index contributed by atoms with van der Waals surface area (Å²) in [5, 5.41) is 8.16. The number of thiophene rings is 1. The molecule has 412 valence electrons. The van der Waals surface area contributed by atoms with E-state index in [0.717, 1.165) is 56.4 Å². The number of hydrogen-bond acceptors (Lipinski definition) is 10. The molecular weight excluding hydrogens is 1070 g/mol. The molecule has 3 aliphatic carbocycles. The number of carbonyl (C=O) groups excluding carboxylic acids is 1. The Morgan fingerprint density at radius 3 is 1.75 bits per heavy atom. The number of fused-ring (bicyclic) bond motifs is 9. The van der Waals surface area contributed by atoms with Crippen LogP contribution in [0, 0.1) is 0 Å². The van der Waals surface area contributed by atoms with Gasteiger partial charge in [-0.3, -0.25) is 9.79 Å². The quantitative estimate of drug-likeness (QED) is 0.149. The van der Waals surface area contributed by atoms with E-state index < -0.39 is 0 Å². The first-order chi connectivity index (χ1) is 41.6. The summed E-state index contributed by atoms with van der Waals surface area (Å²) in [4.78, 5) is 28.1. The van der Waals surface area contributed by atoms with Gasteiger partial charge in [0, 0.05) is 47.6 Å². The minimum absolute atomic E-state index is 0.198. The molecule has 5 aromatic heterocycles. The maximum atomic E-state index is 10.9. The summed E-state index contributed by atoms with van der Waals surface area (Å²) in [5.74, 6) is 0.198. The average molecular weight is 1130 g/mol. The lowest BCUT2D eigenvalue weighted by atomic mass is 9.97. The molecule has 1 aliphatic heterocycles. The number of hydrogen-bond donors (Lipinski definition) is 0. The Kier molecular flexibility index (Phi) is 20.9. The normalized spacial score (nSPS) is 12.1. The van der Waals surface area contributed by atoms with E-state index in [0.29, 0.717) is 6.42 Å². The fourth-order valence-electron chi connectivity index (χ4n) is 9.42. The van der Waals surface area contributed by atoms with Crippen molar-refractivity contribution < 1.29 is 13.6 Å². The molecule has 0 saturated carbocycles. The van der Waals surface area contributed by atoms with Crippen LogP contribution in [0.2, 0.25) is 0 Å². The molecule has 14 aromatic rings. The highest BCUT2D eigenvalue weighted by atomic mass is 32.1. The van der Waals surface area contributed by atoms with Gasteiger partial charge in [-0.05, 0) is 141 Å². The van der Waals surface area contributed by atoms with Crippen molar-refractivity contribution in [2.24, 2.45) is 4.99 Å². The van der Waals surface area contributed by atoms with Crippen LogP contribution in [0.3, 0.4) is 0 Å². The third-order valence-electron chi connectivity index (χ3n) is 13.8. The van der Waals surface area contributed by atoms with Gasteiger partial charge in [0.25, 0.3) is 0 Å². The second-order valence-electron chi connectivity index (χ2n) is 19.4. The van der Waals surface area contributed by atoms with Crippen LogP contribution in [-0.2, 0) is 36.9 Å². The molecule has 84 heavy (non-hydrogen) atoms. The minimum atomic E-state index is 0.198. The van der Waals surface area contributed by atoms with Crippen LogP contribution in [0.25, 0.3) is 65.3 Å². The molecular formula is C74H61N5O3S2. The van der Waals surface area contributed by atoms with Gasteiger partial charge in [-0.25, -0.2) is 15.0 Å². The molecule has 0 atom stereocenters. The van der Waals surface area contributed by atoms with Gasteiger partial charge in [0.15, 0.2) is 17.8 Å². The van der Waals surface area contributed by atoms with Crippen molar-refractivity contribution in [3.05, 3.63) is 318 Å². The molecule has 10 heteroatoms. The Hall–Kier alpha value is -10.0. The van der Waals surface area contributed by atoms with E-state index in [1.54, 1.807) is 41.1 Å². The second kappa shape index (κ2) is 30.7. The lowest BCUT2D eigenvalue weighted by molar-refractivity contribution is -0.114. The maximum absolute atomic E-state index is 10.9. The van der Waals surface area contributed by atoms with Gasteiger partial charge < -0.3 is 8.83 Å². The monoisotopic (exact) mass is 1130 g/mol. The van der Waals surface area contributed by atoms with Crippen molar-refractivity contribution in [1.29, 1.82) is 0 Å². The van der Waals surface area contributed by atoms with E-state index >= 15 is 0 Å². The fourth-order valence-corrected chi connectivity index (χ4v) is 10.8. The standard InChI is InChI=1S/C10H8O.C10H8.C9H10.C9H8.C8H7N.C8H6O.C7H5NO.C7H5NS.C6H4N2S/c11-10-6-5-8-3-1-2-4-9(8)7-10;1-2-6-10-8-4-3-7-9(10)5-1;2*1-2-5-9-7-3-6-8(9)4-1;2*1-2-4-8-7(3-1)5-6-9-8;1-2-4-7-6(3-1)8-5-9-7;1-2-4-7-6(3-1)5-8-9-7;1-2-9-6-5(1)3-7-4-8-6/h1-6H,7H2;1-8H;1-2,4-5H,3,6-7H2;1-6H,7H2;1-4,6H,5H2;1-6H;2*1-5H;1-4H. The summed E-state index contributed by atoms with van der Waals surface area (Å²) in [6.07, 6.45) is 24.9. The van der Waals surface area contributed by atoms with E-state index in [1.165, 1.54) is 80.3 Å². The smallest absolute Gasteiger partial charge is 0.181 e. The fraction of sp³-hybridized carbons (Fsp3) is 0.0811. The van der Waals surface area contributed by atoms with Gasteiger partial charge in [0.05, 0.1) is 16.7 Å². The number of aryl methyl sites for hydroxylation is 2. The van der Waals surface area contributed by atoms with Crippen molar-refractivity contribution in [1.82, 2.24) is 19.3 Å². The van der Waals surface area contributed by atoms with Crippen LogP contribution in [0.1, 0.15) is 45.4 Å². The van der Waals surface area contributed by atoms with Crippen LogP contribution in [0.4, 0.5) is 5.69 Å². The number of carbonyl (C=O) groups is 1. The molecule has 8 nitrogen and oxygen atoms in total. The number of allylic oxidation sites excluding steroid dienone is 2. The van der Waals surface area contributed by atoms with Crippen LogP contribution in [0.5, 0.6) is 0 Å². The maximum Gasteiger partial charge on any atom is 0.181 e. The van der Waals surface area contributed by atoms with Crippen molar-refractivity contribution in [3.8, 4) is 0 Å². The molecule has 0 radical (unpaired) electrons. The lowest BCUT2D eigenvalue weighted by Crippen LogP contribution is -2.04. The van der Waals surface area contributed by atoms with E-state index in [-0.39, 0.29) is 5.78 Å². The largest absolute Gasteiger partial charge is 0.464 e. The Labute approximate surface area is 497 Å². The molecule has 0 spiro atoms. The number of para-hydroxylation sites is 4. The molecule has 6 heterocycles. The van der Waals surface area contributed by atoms with Crippen LogP contribution in [0.15, 0.2) is 293 Å². The van der Waals surface area contributed by atoms with Gasteiger partial charge in [-0.2, -0.15) is 4.37 Å². The van der Waals surface area contributed by atoms with E-state index in [1.807, 2.05) is 145 Å². The first-order valence-electron chi connectivity index (χ1n) is 27.9. The van der Waals surface area contributed by atoms with Gasteiger partial charge >= 0.3 is 0 Å². The highest BCUT2D eigenvalue weighted by Crippen LogP contribution is 2.24. The number of aliphatic imine (C=N–C) groups is 1. The summed E-state index contributed by atoms with van der Waals surface area (Å²) in [6.45, 7) is 0. The second-order valence-corrected chi connectivity index (χ2v) is 21.2. The predicted molar refractivity (Wildman–Crippen MR) is 351 cm³/mol. The third kappa shape index (κ3) is 16.8. The van der Waals surface area contributed by atoms with Crippen molar-refractivity contribution >= 4 is 106 Å². The average Bonchev–Trinajstić information content (AvgIpc) is 4.51. The van der Waals surface area contributed by atoms with E-state index in [9.17, 15) is 4.79 Å². The summed E-state index contributed by atoms with van der Waals surface area (Å²) >= 11 is 3.17. The minimum Gasteiger partial charge on any atom is -0.464 e. The molecule has 0 bridgehead atoms. The number of rotatable bonds is 0. The van der Waals surface area contributed by atoms with Crippen LogP contribution in [-0.4, -0.2) is 31.3 Å². The zero-order valence-electron chi connectivity index (χ0n) is 46.3. The van der Waals surface area contributed by atoms with E-state index in [4.69, 9.17) is 8.83 Å². The molecule has 0 N–H and O–H groups in total. The Balaban J connectivity index is 0.000000105. The molecule has 18 rings (SSSR count). The van der Waals surface area contributed by atoms with Gasteiger partial charge in [-0.15, -0.1) is 11.3 Å². The zero-order chi connectivity index (χ0) is 57.2. The van der Waals surface area contributed by atoms with Crippen LogP contribution < -0.4 is 0 Å². The molecule has 0 amide bonds. The number of nitrogens with zero attached hydrogens (tertiary/aromatic N) is 5. The van der Waals surface area contributed by atoms with Crippen molar-refractivity contribution in [2.75, 3.05) is 0 Å². The molecule has 4 aliphatic rings. The number of furan rings is 1. The topological polar surface area (TPSA) is 107 Å². The highest BCUT2D eigenvalue weighted by molar-refractivity contribution is 7.16. The number of aromatic nitrogens is 4. The number of ketones is 1. The van der Waals surface area contributed by atoms with Gasteiger partial charge in [0.1, 0.15) is 22.3 Å². The summed E-state index contributed by atoms with van der Waals surface area (Å²) in [6, 6.07) is 77.9. The van der Waals surface area contributed by atoms with Crippen molar-refractivity contribution in [3.63, 3.8) is 0 Å². The first-order valence-corrected chi connectivity index (χ1v) is 29.5. The molecule has 9 aromatic carbocycles. The zero-order valence-corrected chi connectivity index (χ0v) is 47.9. The molecule has 0 fully saturated rings. The Bertz CT molecular complexity index is 3880. The van der Waals surface area contributed by atoms with Crippen LogP contribution >= 0.6 is 22.9 Å². The summed E-state index contributed by atoms with van der Waals surface area (Å²) < 4.78 is 15.4. The molecule has 0 saturated heterocycles. The number of oxazole rings is 1. The molecule has 0 unspecified atom stereocenters. The lowest BCUT2D eigenvalue weighted by Gasteiger charge is -2.07. The predicted octanol–water partition coefficient (Wildman–Crippen LogP) is 19.3. The third-order valence-corrected chi connectivity index (χ3v) is 15.4. The van der Waals surface area contributed by atoms with Crippen molar-refractivity contribution in [2.45, 2.75) is 38.5 Å². The summed E-state index contributed by atoms with van der Waals surface area (Å²) in [5.41, 5.74) is 13.5.